The summed E-state index contributed by atoms with van der Waals surface area (Å²) in [5.41, 5.74) is 10.0. The van der Waals surface area contributed by atoms with Gasteiger partial charge < -0.3 is 9.55 Å². The highest BCUT2D eigenvalue weighted by Crippen LogP contribution is 2.40. The Morgan fingerprint density at radius 2 is 1.12 bits per heavy atom. The van der Waals surface area contributed by atoms with Crippen molar-refractivity contribution in [2.24, 2.45) is 0 Å². The SMILES string of the molecule is [B]c1c([B])c([B])c(-c2ccc(-n3c4ccccc4c4ccc5c6ccccc6[nH]c5c43)cc2-c2ccccc2)c([B])c1[B]. The predicted molar refractivity (Wildman–Crippen MR) is 188 cm³/mol. The number of nitrogens with one attached hydrogen (secondary N) is 1. The van der Waals surface area contributed by atoms with E-state index in [0.29, 0.717) is 16.5 Å². The normalized spacial score (nSPS) is 11.7. The van der Waals surface area contributed by atoms with E-state index in [1.807, 2.05) is 24.3 Å². The summed E-state index contributed by atoms with van der Waals surface area (Å²) in [5, 5.41) is 4.73. The standard InChI is InChI=1S/C36H19B5N2/c37-30-29(31(38)33(40)34(41)32(30)39)23-15-14-20(18-26(23)19-8-2-1-3-9-19)43-28-13-7-5-11-22(28)25-17-16-24-21-10-4-6-12-27(21)42-35(24)36(25)43/h1-18,42H. The molecule has 6 aromatic carbocycles. The maximum absolute atomic E-state index is 6.56. The molecule has 0 fully saturated rings. The van der Waals surface area contributed by atoms with Crippen molar-refractivity contribution in [1.82, 2.24) is 9.55 Å². The van der Waals surface area contributed by atoms with Crippen LogP contribution in [0.3, 0.4) is 0 Å². The zero-order chi connectivity index (χ0) is 29.4. The highest BCUT2D eigenvalue weighted by atomic mass is 15.0. The van der Waals surface area contributed by atoms with E-state index in [9.17, 15) is 0 Å². The van der Waals surface area contributed by atoms with Gasteiger partial charge in [-0.3, -0.25) is 0 Å². The first kappa shape index (κ1) is 25.9. The van der Waals surface area contributed by atoms with Crippen molar-refractivity contribution < 1.29 is 0 Å². The van der Waals surface area contributed by atoms with Crippen LogP contribution >= 0.6 is 0 Å². The number of H-pyrrole nitrogens is 1. The van der Waals surface area contributed by atoms with E-state index in [2.05, 4.69) is 94.5 Å². The van der Waals surface area contributed by atoms with Gasteiger partial charge in [-0.05, 0) is 46.5 Å². The summed E-state index contributed by atoms with van der Waals surface area (Å²) in [5.74, 6) is 0. The number of nitrogens with zero attached hydrogens (tertiary/aromatic N) is 1. The van der Waals surface area contributed by atoms with Gasteiger partial charge in [-0.15, -0.1) is 16.4 Å². The number of para-hydroxylation sites is 2. The van der Waals surface area contributed by atoms with Crippen molar-refractivity contribution in [3.63, 3.8) is 0 Å². The van der Waals surface area contributed by atoms with Crippen molar-refractivity contribution in [2.75, 3.05) is 0 Å². The Hall–Kier alpha value is -4.76. The van der Waals surface area contributed by atoms with Gasteiger partial charge >= 0.3 is 0 Å². The molecule has 2 aromatic heterocycles. The number of rotatable bonds is 3. The molecule has 0 amide bonds. The summed E-state index contributed by atoms with van der Waals surface area (Å²) in [6.07, 6.45) is 0. The maximum Gasteiger partial charge on any atom is 0.113 e. The molecule has 188 valence electrons. The minimum absolute atomic E-state index is 0.198. The summed E-state index contributed by atoms with van der Waals surface area (Å²) in [6, 6.07) is 37.8. The molecule has 0 saturated carbocycles. The van der Waals surface area contributed by atoms with E-state index in [0.717, 1.165) is 44.4 Å². The second-order valence-corrected chi connectivity index (χ2v) is 10.9. The lowest BCUT2D eigenvalue weighted by molar-refractivity contribution is 1.18. The summed E-state index contributed by atoms with van der Waals surface area (Å²) in [7, 11) is 31.9. The van der Waals surface area contributed by atoms with Gasteiger partial charge in [-0.25, -0.2) is 0 Å². The van der Waals surface area contributed by atoms with Gasteiger partial charge in [-0.2, -0.15) is 0 Å². The molecule has 0 bridgehead atoms. The number of aromatic nitrogens is 2. The Kier molecular flexibility index (Phi) is 5.81. The van der Waals surface area contributed by atoms with Crippen LogP contribution in [-0.2, 0) is 0 Å². The van der Waals surface area contributed by atoms with Crippen LogP contribution < -0.4 is 27.3 Å². The number of benzene rings is 6. The molecule has 10 radical (unpaired) electrons. The van der Waals surface area contributed by atoms with Gasteiger partial charge in [0.05, 0.1) is 16.6 Å². The van der Waals surface area contributed by atoms with E-state index in [1.54, 1.807) is 0 Å². The van der Waals surface area contributed by atoms with Crippen LogP contribution in [0.25, 0.3) is 71.6 Å². The van der Waals surface area contributed by atoms with Crippen molar-refractivity contribution in [3.05, 3.63) is 109 Å². The minimum atomic E-state index is 0.198. The zero-order valence-corrected chi connectivity index (χ0v) is 23.2. The van der Waals surface area contributed by atoms with Crippen LogP contribution in [0.4, 0.5) is 0 Å². The molecule has 0 aliphatic carbocycles. The summed E-state index contributed by atoms with van der Waals surface area (Å²) in [4.78, 5) is 3.71. The smallest absolute Gasteiger partial charge is 0.113 e. The minimum Gasteiger partial charge on any atom is -0.353 e. The second-order valence-electron chi connectivity index (χ2n) is 10.9. The lowest BCUT2D eigenvalue weighted by Gasteiger charge is -2.24. The lowest BCUT2D eigenvalue weighted by atomic mass is 9.59. The Labute approximate surface area is 256 Å². The number of hydrogen-bond acceptors (Lipinski definition) is 0. The van der Waals surface area contributed by atoms with Gasteiger partial charge in [0, 0.05) is 32.7 Å². The van der Waals surface area contributed by atoms with Gasteiger partial charge in [0.25, 0.3) is 0 Å². The third kappa shape index (κ3) is 3.74. The Bertz CT molecular complexity index is 2370. The molecule has 8 rings (SSSR count). The average Bonchev–Trinajstić information content (AvgIpc) is 3.59. The third-order valence-corrected chi connectivity index (χ3v) is 8.63. The van der Waals surface area contributed by atoms with E-state index in [-0.39, 0.29) is 16.4 Å². The molecule has 7 heteroatoms. The number of fused-ring (bicyclic) bond motifs is 7. The maximum atomic E-state index is 6.56. The van der Waals surface area contributed by atoms with E-state index < -0.39 is 0 Å². The number of hydrogen-bond donors (Lipinski definition) is 1. The fraction of sp³-hybridized carbons (Fsp3) is 0. The quantitative estimate of drug-likeness (QED) is 0.335. The van der Waals surface area contributed by atoms with Crippen molar-refractivity contribution in [3.8, 4) is 27.9 Å². The first-order chi connectivity index (χ1) is 20.9. The van der Waals surface area contributed by atoms with E-state index >= 15 is 0 Å². The molecular weight excluding hydrogens is 514 g/mol. The van der Waals surface area contributed by atoms with Crippen LogP contribution in [0.5, 0.6) is 0 Å². The molecule has 0 saturated heterocycles. The lowest BCUT2D eigenvalue weighted by Crippen LogP contribution is -2.55. The third-order valence-electron chi connectivity index (χ3n) is 8.63. The fourth-order valence-corrected chi connectivity index (χ4v) is 6.52. The first-order valence-corrected chi connectivity index (χ1v) is 14.1. The van der Waals surface area contributed by atoms with E-state index in [1.165, 1.54) is 21.5 Å². The molecule has 2 nitrogen and oxygen atoms in total. The molecule has 0 spiro atoms. The van der Waals surface area contributed by atoms with Crippen LogP contribution in [0.15, 0.2) is 109 Å². The van der Waals surface area contributed by atoms with Crippen molar-refractivity contribution >= 4 is 110 Å². The molecule has 0 unspecified atom stereocenters. The molecule has 8 aromatic rings. The van der Waals surface area contributed by atoms with Gasteiger partial charge in [-0.1, -0.05) is 95.9 Å². The van der Waals surface area contributed by atoms with Crippen LogP contribution in [0.1, 0.15) is 0 Å². The topological polar surface area (TPSA) is 20.7 Å². The molecule has 2 heterocycles. The number of aromatic amines is 1. The van der Waals surface area contributed by atoms with Gasteiger partial charge in [0.15, 0.2) is 0 Å². The van der Waals surface area contributed by atoms with Crippen LogP contribution in [0.2, 0.25) is 0 Å². The highest BCUT2D eigenvalue weighted by molar-refractivity contribution is 6.68. The fourth-order valence-electron chi connectivity index (χ4n) is 6.52. The summed E-state index contributed by atoms with van der Waals surface area (Å²) in [6.45, 7) is 0. The predicted octanol–water partition coefficient (Wildman–Crippen LogP) is 3.72. The van der Waals surface area contributed by atoms with E-state index in [4.69, 9.17) is 39.2 Å². The molecular formula is C36H19B5N2. The van der Waals surface area contributed by atoms with Crippen molar-refractivity contribution in [1.29, 1.82) is 0 Å². The monoisotopic (exact) mass is 534 g/mol. The zero-order valence-electron chi connectivity index (χ0n) is 23.2. The average molecular weight is 534 g/mol. The molecule has 0 aliphatic heterocycles. The van der Waals surface area contributed by atoms with Crippen molar-refractivity contribution in [2.45, 2.75) is 0 Å². The molecule has 1 N–H and O–H groups in total. The Morgan fingerprint density at radius 1 is 0.488 bits per heavy atom. The summed E-state index contributed by atoms with van der Waals surface area (Å²) < 4.78 is 2.33. The largest absolute Gasteiger partial charge is 0.353 e. The Morgan fingerprint density at radius 3 is 1.88 bits per heavy atom. The second kappa shape index (κ2) is 9.64. The van der Waals surface area contributed by atoms with Crippen LogP contribution in [0, 0.1) is 0 Å². The van der Waals surface area contributed by atoms with Gasteiger partial charge in [0.1, 0.15) is 39.2 Å². The van der Waals surface area contributed by atoms with Crippen LogP contribution in [-0.4, -0.2) is 48.8 Å². The Balaban J connectivity index is 1.49. The first-order valence-electron chi connectivity index (χ1n) is 14.1. The molecule has 43 heavy (non-hydrogen) atoms. The molecule has 0 atom stereocenters. The molecule has 0 aliphatic rings. The highest BCUT2D eigenvalue weighted by Gasteiger charge is 2.20. The van der Waals surface area contributed by atoms with Gasteiger partial charge in [0.2, 0.25) is 0 Å². The summed E-state index contributed by atoms with van der Waals surface area (Å²) >= 11 is 0.